The van der Waals surface area contributed by atoms with Crippen molar-refractivity contribution < 1.29 is 18.4 Å². The molecule has 0 saturated carbocycles. The van der Waals surface area contributed by atoms with Crippen molar-refractivity contribution in [3.63, 3.8) is 0 Å². The van der Waals surface area contributed by atoms with Gasteiger partial charge in [-0.3, -0.25) is 4.79 Å². The van der Waals surface area contributed by atoms with Crippen LogP contribution in [0, 0.1) is 5.82 Å². The van der Waals surface area contributed by atoms with Gasteiger partial charge in [-0.2, -0.15) is 0 Å². The molecule has 0 bridgehead atoms. The molecular weight excluding hydrogens is 299 g/mol. The number of aromatic nitrogens is 1. The number of halogens is 1. The maximum absolute atomic E-state index is 12.9. The molecule has 1 heterocycles. The van der Waals surface area contributed by atoms with Gasteiger partial charge in [-0.1, -0.05) is 5.16 Å². The van der Waals surface area contributed by atoms with Crippen molar-refractivity contribution >= 4 is 11.6 Å². The first kappa shape index (κ1) is 14.8. The average molecular weight is 312 g/mol. The molecule has 0 aliphatic heterocycles. The summed E-state index contributed by atoms with van der Waals surface area (Å²) in [7, 11) is 1.57. The van der Waals surface area contributed by atoms with Crippen LogP contribution >= 0.6 is 0 Å². The maximum atomic E-state index is 12.9. The molecular formula is C17H13FN2O3. The highest BCUT2D eigenvalue weighted by Gasteiger charge is 2.14. The van der Waals surface area contributed by atoms with E-state index in [9.17, 15) is 9.18 Å². The minimum Gasteiger partial charge on any atom is -0.497 e. The van der Waals surface area contributed by atoms with Gasteiger partial charge in [0, 0.05) is 17.3 Å². The lowest BCUT2D eigenvalue weighted by molar-refractivity contribution is 0.101. The molecule has 0 radical (unpaired) electrons. The molecule has 0 spiro atoms. The van der Waals surface area contributed by atoms with E-state index in [1.807, 2.05) is 0 Å². The topological polar surface area (TPSA) is 64.4 Å². The van der Waals surface area contributed by atoms with Crippen LogP contribution in [0.4, 0.5) is 10.1 Å². The Bertz CT molecular complexity index is 811. The van der Waals surface area contributed by atoms with Gasteiger partial charge in [-0.15, -0.1) is 0 Å². The lowest BCUT2D eigenvalue weighted by Gasteiger charge is -2.04. The molecule has 3 aromatic rings. The Morgan fingerprint density at radius 2 is 1.83 bits per heavy atom. The van der Waals surface area contributed by atoms with Crippen LogP contribution in [0.5, 0.6) is 5.75 Å². The summed E-state index contributed by atoms with van der Waals surface area (Å²) in [4.78, 5) is 12.1. The Morgan fingerprint density at radius 1 is 1.13 bits per heavy atom. The molecule has 1 N–H and O–H groups in total. The SMILES string of the molecule is COc1ccc(NC(=O)c2cc(-c3ccc(F)cc3)on2)cc1. The molecule has 2 aromatic carbocycles. The third-order valence-corrected chi connectivity index (χ3v) is 3.22. The summed E-state index contributed by atoms with van der Waals surface area (Å²) < 4.78 is 23.1. The van der Waals surface area contributed by atoms with E-state index in [1.165, 1.54) is 18.2 Å². The fourth-order valence-corrected chi connectivity index (χ4v) is 2.00. The van der Waals surface area contributed by atoms with Crippen LogP contribution < -0.4 is 10.1 Å². The number of benzene rings is 2. The van der Waals surface area contributed by atoms with Gasteiger partial charge in [0.2, 0.25) is 0 Å². The van der Waals surface area contributed by atoms with Gasteiger partial charge in [0.05, 0.1) is 7.11 Å². The molecule has 23 heavy (non-hydrogen) atoms. The Kier molecular flexibility index (Phi) is 4.05. The molecule has 6 heteroatoms. The van der Waals surface area contributed by atoms with Crippen molar-refractivity contribution in [3.8, 4) is 17.1 Å². The molecule has 116 valence electrons. The first-order valence-corrected chi connectivity index (χ1v) is 6.84. The van der Waals surface area contributed by atoms with Gasteiger partial charge in [-0.05, 0) is 48.5 Å². The van der Waals surface area contributed by atoms with Crippen molar-refractivity contribution in [2.24, 2.45) is 0 Å². The number of methoxy groups -OCH3 is 1. The van der Waals surface area contributed by atoms with E-state index < -0.39 is 5.91 Å². The summed E-state index contributed by atoms with van der Waals surface area (Å²) in [5.41, 5.74) is 1.39. The van der Waals surface area contributed by atoms with Gasteiger partial charge < -0.3 is 14.6 Å². The van der Waals surface area contributed by atoms with Crippen molar-refractivity contribution in [2.45, 2.75) is 0 Å². The monoisotopic (exact) mass is 312 g/mol. The zero-order valence-corrected chi connectivity index (χ0v) is 12.2. The van der Waals surface area contributed by atoms with E-state index in [2.05, 4.69) is 10.5 Å². The number of carbonyl (C=O) groups excluding carboxylic acids is 1. The predicted octanol–water partition coefficient (Wildman–Crippen LogP) is 3.74. The molecule has 1 amide bonds. The molecule has 0 unspecified atom stereocenters. The van der Waals surface area contributed by atoms with E-state index in [4.69, 9.17) is 9.26 Å². The zero-order valence-electron chi connectivity index (χ0n) is 12.2. The molecule has 0 fully saturated rings. The second-order valence-corrected chi connectivity index (χ2v) is 4.77. The summed E-state index contributed by atoms with van der Waals surface area (Å²) in [6.07, 6.45) is 0. The smallest absolute Gasteiger partial charge is 0.277 e. The highest BCUT2D eigenvalue weighted by atomic mass is 19.1. The minimum absolute atomic E-state index is 0.139. The molecule has 5 nitrogen and oxygen atoms in total. The second-order valence-electron chi connectivity index (χ2n) is 4.77. The predicted molar refractivity (Wildman–Crippen MR) is 82.8 cm³/mol. The minimum atomic E-state index is -0.396. The third-order valence-electron chi connectivity index (χ3n) is 3.22. The number of ether oxygens (including phenoxy) is 1. The van der Waals surface area contributed by atoms with E-state index in [0.717, 1.165) is 0 Å². The number of nitrogens with zero attached hydrogens (tertiary/aromatic N) is 1. The summed E-state index contributed by atoms with van der Waals surface area (Å²) in [5, 5.41) is 6.45. The van der Waals surface area contributed by atoms with Crippen molar-refractivity contribution in [2.75, 3.05) is 12.4 Å². The first-order chi connectivity index (χ1) is 11.2. The van der Waals surface area contributed by atoms with Crippen LogP contribution in [0.2, 0.25) is 0 Å². The maximum Gasteiger partial charge on any atom is 0.277 e. The lowest BCUT2D eigenvalue weighted by Crippen LogP contribution is -2.11. The molecule has 3 rings (SSSR count). The lowest BCUT2D eigenvalue weighted by atomic mass is 10.1. The Balaban J connectivity index is 1.74. The van der Waals surface area contributed by atoms with Crippen LogP contribution in [0.1, 0.15) is 10.5 Å². The highest BCUT2D eigenvalue weighted by molar-refractivity contribution is 6.03. The molecule has 1 aromatic heterocycles. The van der Waals surface area contributed by atoms with E-state index in [1.54, 1.807) is 43.5 Å². The molecule has 0 atom stereocenters. The van der Waals surface area contributed by atoms with Gasteiger partial charge in [0.25, 0.3) is 5.91 Å². The van der Waals surface area contributed by atoms with Gasteiger partial charge in [0.1, 0.15) is 11.6 Å². The standard InChI is InChI=1S/C17H13FN2O3/c1-22-14-8-6-13(7-9-14)19-17(21)15-10-16(23-20-15)11-2-4-12(18)5-3-11/h2-10H,1H3,(H,19,21). The van der Waals surface area contributed by atoms with Crippen LogP contribution in [-0.2, 0) is 0 Å². The summed E-state index contributed by atoms with van der Waals surface area (Å²) in [6.45, 7) is 0. The van der Waals surface area contributed by atoms with Gasteiger partial charge in [-0.25, -0.2) is 4.39 Å². The van der Waals surface area contributed by atoms with E-state index >= 15 is 0 Å². The summed E-state index contributed by atoms with van der Waals surface area (Å²) in [5.74, 6) is 0.353. The van der Waals surface area contributed by atoms with Crippen LogP contribution in [0.25, 0.3) is 11.3 Å². The van der Waals surface area contributed by atoms with Crippen LogP contribution in [-0.4, -0.2) is 18.2 Å². The van der Waals surface area contributed by atoms with Gasteiger partial charge >= 0.3 is 0 Å². The molecule has 0 saturated heterocycles. The van der Waals surface area contributed by atoms with Crippen LogP contribution in [0.3, 0.4) is 0 Å². The summed E-state index contributed by atoms with van der Waals surface area (Å²) in [6, 6.07) is 14.2. The second kappa shape index (κ2) is 6.31. The summed E-state index contributed by atoms with van der Waals surface area (Å²) >= 11 is 0. The Hall–Kier alpha value is -3.15. The van der Waals surface area contributed by atoms with E-state index in [0.29, 0.717) is 22.8 Å². The van der Waals surface area contributed by atoms with Crippen molar-refractivity contribution in [1.29, 1.82) is 0 Å². The number of carbonyl (C=O) groups is 1. The largest absolute Gasteiger partial charge is 0.497 e. The third kappa shape index (κ3) is 3.37. The fraction of sp³-hybridized carbons (Fsp3) is 0.0588. The van der Waals surface area contributed by atoms with Crippen LogP contribution in [0.15, 0.2) is 59.1 Å². The quantitative estimate of drug-likeness (QED) is 0.797. The first-order valence-electron chi connectivity index (χ1n) is 6.84. The fourth-order valence-electron chi connectivity index (χ4n) is 2.00. The number of anilines is 1. The van der Waals surface area contributed by atoms with Crippen molar-refractivity contribution in [1.82, 2.24) is 5.16 Å². The number of amides is 1. The average Bonchev–Trinajstić information content (AvgIpc) is 3.06. The number of rotatable bonds is 4. The Morgan fingerprint density at radius 3 is 2.48 bits per heavy atom. The number of nitrogens with one attached hydrogen (secondary N) is 1. The highest BCUT2D eigenvalue weighted by Crippen LogP contribution is 2.21. The Labute approximate surface area is 131 Å². The molecule has 0 aliphatic carbocycles. The van der Waals surface area contributed by atoms with E-state index in [-0.39, 0.29) is 11.5 Å². The normalized spacial score (nSPS) is 10.3. The van der Waals surface area contributed by atoms with Gasteiger partial charge in [0.15, 0.2) is 11.5 Å². The zero-order chi connectivity index (χ0) is 16.2. The number of hydrogen-bond acceptors (Lipinski definition) is 4. The van der Waals surface area contributed by atoms with Crippen molar-refractivity contribution in [3.05, 3.63) is 66.1 Å². The number of hydrogen-bond donors (Lipinski definition) is 1. The molecule has 0 aliphatic rings.